The third-order valence-electron chi connectivity index (χ3n) is 4.25. The van der Waals surface area contributed by atoms with Crippen molar-refractivity contribution in [3.8, 4) is 0 Å². The van der Waals surface area contributed by atoms with Gasteiger partial charge in [-0.3, -0.25) is 9.69 Å². The summed E-state index contributed by atoms with van der Waals surface area (Å²) in [4.78, 5) is 17.1. The van der Waals surface area contributed by atoms with Gasteiger partial charge < -0.3 is 9.32 Å². The number of hydrogen-bond donors (Lipinski definition) is 0. The highest BCUT2D eigenvalue weighted by molar-refractivity contribution is 9.10. The van der Waals surface area contributed by atoms with E-state index in [1.165, 1.54) is 0 Å². The lowest BCUT2D eigenvalue weighted by atomic mass is 10.0. The SMILES string of the molecule is CN(Cc1ccco1)C(=O)C(c1cccc(Br)c1)N1CCCC1. The standard InChI is InChI=1S/C18H21BrN2O2/c1-20(13-16-8-5-11-23-16)18(22)17(21-9-2-3-10-21)14-6-4-7-15(19)12-14/h4-8,11-12,17H,2-3,9-10,13H2,1H3. The first-order chi connectivity index (χ1) is 11.1. The first-order valence-corrected chi connectivity index (χ1v) is 8.71. The number of carbonyl (C=O) groups excluding carboxylic acids is 1. The normalized spacial score (nSPS) is 16.4. The summed E-state index contributed by atoms with van der Waals surface area (Å²) in [6.45, 7) is 2.43. The number of amides is 1. The molecular weight excluding hydrogens is 356 g/mol. The molecular formula is C18H21BrN2O2. The molecule has 1 unspecified atom stereocenters. The van der Waals surface area contributed by atoms with Gasteiger partial charge in [0.05, 0.1) is 12.8 Å². The minimum absolute atomic E-state index is 0.112. The monoisotopic (exact) mass is 376 g/mol. The van der Waals surface area contributed by atoms with Crippen molar-refractivity contribution in [1.82, 2.24) is 9.80 Å². The molecule has 0 radical (unpaired) electrons. The lowest BCUT2D eigenvalue weighted by Crippen LogP contribution is -2.40. The van der Waals surface area contributed by atoms with Crippen LogP contribution in [0.3, 0.4) is 0 Å². The van der Waals surface area contributed by atoms with E-state index in [4.69, 9.17) is 4.42 Å². The van der Waals surface area contributed by atoms with Gasteiger partial charge >= 0.3 is 0 Å². The molecule has 23 heavy (non-hydrogen) atoms. The Balaban J connectivity index is 1.83. The maximum absolute atomic E-state index is 13.1. The third-order valence-corrected chi connectivity index (χ3v) is 4.75. The van der Waals surface area contributed by atoms with E-state index in [1.807, 2.05) is 43.4 Å². The van der Waals surface area contributed by atoms with Gasteiger partial charge in [0.25, 0.3) is 0 Å². The number of likely N-dealkylation sites (tertiary alicyclic amines) is 1. The quantitative estimate of drug-likeness (QED) is 0.795. The number of furan rings is 1. The predicted molar refractivity (Wildman–Crippen MR) is 92.9 cm³/mol. The molecule has 3 rings (SSSR count). The van der Waals surface area contributed by atoms with Crippen molar-refractivity contribution in [3.63, 3.8) is 0 Å². The third kappa shape index (κ3) is 3.85. The van der Waals surface area contributed by atoms with Crippen LogP contribution in [0.15, 0.2) is 51.6 Å². The van der Waals surface area contributed by atoms with Crippen LogP contribution in [-0.4, -0.2) is 35.8 Å². The van der Waals surface area contributed by atoms with E-state index in [-0.39, 0.29) is 11.9 Å². The van der Waals surface area contributed by atoms with Crippen LogP contribution in [0.5, 0.6) is 0 Å². The van der Waals surface area contributed by atoms with Crippen molar-refractivity contribution in [2.45, 2.75) is 25.4 Å². The zero-order chi connectivity index (χ0) is 16.2. The van der Waals surface area contributed by atoms with Gasteiger partial charge in [-0.2, -0.15) is 0 Å². The Hall–Kier alpha value is -1.59. The Bertz CT molecular complexity index is 651. The summed E-state index contributed by atoms with van der Waals surface area (Å²) in [5.74, 6) is 0.914. The van der Waals surface area contributed by atoms with Crippen molar-refractivity contribution >= 4 is 21.8 Å². The molecule has 1 aliphatic heterocycles. The highest BCUT2D eigenvalue weighted by atomic mass is 79.9. The second-order valence-corrected chi connectivity index (χ2v) is 6.89. The average Bonchev–Trinajstić information content (AvgIpc) is 3.21. The fourth-order valence-corrected chi connectivity index (χ4v) is 3.53. The van der Waals surface area contributed by atoms with Gasteiger partial charge in [-0.1, -0.05) is 28.1 Å². The second-order valence-electron chi connectivity index (χ2n) is 5.97. The topological polar surface area (TPSA) is 36.7 Å². The van der Waals surface area contributed by atoms with Crippen molar-refractivity contribution in [2.75, 3.05) is 20.1 Å². The molecule has 0 bridgehead atoms. The lowest BCUT2D eigenvalue weighted by Gasteiger charge is -2.30. The Morgan fingerprint density at radius 1 is 1.30 bits per heavy atom. The van der Waals surface area contributed by atoms with E-state index in [0.717, 1.165) is 41.7 Å². The van der Waals surface area contributed by atoms with Gasteiger partial charge in [0.2, 0.25) is 5.91 Å². The average molecular weight is 377 g/mol. The number of carbonyl (C=O) groups is 1. The Kier molecular flexibility index (Phi) is 5.18. The first-order valence-electron chi connectivity index (χ1n) is 7.92. The smallest absolute Gasteiger partial charge is 0.244 e. The summed E-state index contributed by atoms with van der Waals surface area (Å²) in [5, 5.41) is 0. The Morgan fingerprint density at radius 3 is 2.74 bits per heavy atom. The van der Waals surface area contributed by atoms with E-state index < -0.39 is 0 Å². The van der Waals surface area contributed by atoms with E-state index in [0.29, 0.717) is 6.54 Å². The number of likely N-dealkylation sites (N-methyl/N-ethyl adjacent to an activating group) is 1. The van der Waals surface area contributed by atoms with Crippen molar-refractivity contribution in [3.05, 3.63) is 58.5 Å². The summed E-state index contributed by atoms with van der Waals surface area (Å²) >= 11 is 3.52. The summed E-state index contributed by atoms with van der Waals surface area (Å²) in [6.07, 6.45) is 3.94. The van der Waals surface area contributed by atoms with Crippen LogP contribution >= 0.6 is 15.9 Å². The number of rotatable bonds is 5. The molecule has 122 valence electrons. The van der Waals surface area contributed by atoms with Crippen LogP contribution in [-0.2, 0) is 11.3 Å². The molecule has 0 aliphatic carbocycles. The van der Waals surface area contributed by atoms with E-state index >= 15 is 0 Å². The molecule has 1 saturated heterocycles. The highest BCUT2D eigenvalue weighted by Gasteiger charge is 2.32. The van der Waals surface area contributed by atoms with Gasteiger partial charge in [0.1, 0.15) is 11.8 Å². The summed E-state index contributed by atoms with van der Waals surface area (Å²) in [6, 6.07) is 11.6. The maximum Gasteiger partial charge on any atom is 0.244 e. The summed E-state index contributed by atoms with van der Waals surface area (Å²) in [7, 11) is 1.84. The van der Waals surface area contributed by atoms with Crippen molar-refractivity contribution in [1.29, 1.82) is 0 Å². The number of halogens is 1. The largest absolute Gasteiger partial charge is 0.467 e. The number of hydrogen-bond acceptors (Lipinski definition) is 3. The zero-order valence-electron chi connectivity index (χ0n) is 13.2. The van der Waals surface area contributed by atoms with Crippen LogP contribution in [0.1, 0.15) is 30.2 Å². The molecule has 1 fully saturated rings. The summed E-state index contributed by atoms with van der Waals surface area (Å²) < 4.78 is 6.37. The molecule has 1 aromatic carbocycles. The van der Waals surface area contributed by atoms with Crippen LogP contribution in [0.2, 0.25) is 0 Å². The lowest BCUT2D eigenvalue weighted by molar-refractivity contribution is -0.136. The van der Waals surface area contributed by atoms with Gasteiger partial charge in [-0.15, -0.1) is 0 Å². The highest BCUT2D eigenvalue weighted by Crippen LogP contribution is 2.29. The van der Waals surface area contributed by atoms with E-state index in [1.54, 1.807) is 11.2 Å². The fourth-order valence-electron chi connectivity index (χ4n) is 3.11. The number of nitrogens with zero attached hydrogens (tertiary/aromatic N) is 2. The van der Waals surface area contributed by atoms with Crippen molar-refractivity contribution < 1.29 is 9.21 Å². The number of benzene rings is 1. The van der Waals surface area contributed by atoms with Crippen LogP contribution < -0.4 is 0 Å². The molecule has 1 amide bonds. The molecule has 1 atom stereocenters. The van der Waals surface area contributed by atoms with Crippen LogP contribution in [0.4, 0.5) is 0 Å². The molecule has 1 aromatic heterocycles. The maximum atomic E-state index is 13.1. The van der Waals surface area contributed by atoms with Crippen LogP contribution in [0.25, 0.3) is 0 Å². The second kappa shape index (κ2) is 7.32. The molecule has 2 heterocycles. The van der Waals surface area contributed by atoms with Gasteiger partial charge in [-0.05, 0) is 55.8 Å². The molecule has 2 aromatic rings. The molecule has 0 N–H and O–H groups in total. The molecule has 0 saturated carbocycles. The Morgan fingerprint density at radius 2 is 2.09 bits per heavy atom. The van der Waals surface area contributed by atoms with Gasteiger partial charge in [0, 0.05) is 11.5 Å². The fraction of sp³-hybridized carbons (Fsp3) is 0.389. The van der Waals surface area contributed by atoms with Gasteiger partial charge in [-0.25, -0.2) is 0 Å². The zero-order valence-corrected chi connectivity index (χ0v) is 14.8. The van der Waals surface area contributed by atoms with Crippen LogP contribution in [0, 0.1) is 0 Å². The minimum atomic E-state index is -0.227. The first kappa shape index (κ1) is 16.3. The van der Waals surface area contributed by atoms with Crippen molar-refractivity contribution in [2.24, 2.45) is 0 Å². The van der Waals surface area contributed by atoms with E-state index in [9.17, 15) is 4.79 Å². The minimum Gasteiger partial charge on any atom is -0.467 e. The Labute approximate surface area is 145 Å². The predicted octanol–water partition coefficient (Wildman–Crippen LogP) is 3.84. The molecule has 0 spiro atoms. The van der Waals surface area contributed by atoms with E-state index in [2.05, 4.69) is 20.8 Å². The summed E-state index contributed by atoms with van der Waals surface area (Å²) in [5.41, 5.74) is 1.04. The molecule has 5 heteroatoms. The molecule has 4 nitrogen and oxygen atoms in total. The molecule has 1 aliphatic rings. The van der Waals surface area contributed by atoms with Gasteiger partial charge in [0.15, 0.2) is 0 Å².